The van der Waals surface area contributed by atoms with Crippen molar-refractivity contribution in [1.29, 1.82) is 0 Å². The second-order valence-electron chi connectivity index (χ2n) is 6.52. The van der Waals surface area contributed by atoms with Crippen LogP contribution in [-0.2, 0) is 5.41 Å². The second-order valence-corrected chi connectivity index (χ2v) is 6.90. The number of hydrogen-bond acceptors (Lipinski definition) is 2. The Morgan fingerprint density at radius 3 is 2.75 bits per heavy atom. The fraction of sp³-hybridized carbons (Fsp3) is 0.625. The number of likely N-dealkylation sites (tertiary alicyclic amines) is 1. The molecule has 3 nitrogen and oxygen atoms in total. The van der Waals surface area contributed by atoms with Crippen molar-refractivity contribution >= 4 is 17.5 Å². The summed E-state index contributed by atoms with van der Waals surface area (Å²) in [7, 11) is 0. The van der Waals surface area contributed by atoms with Crippen LogP contribution in [-0.4, -0.2) is 28.4 Å². The maximum absolute atomic E-state index is 12.7. The lowest BCUT2D eigenvalue weighted by Crippen LogP contribution is -2.35. The molecule has 1 aliphatic heterocycles. The van der Waals surface area contributed by atoms with Gasteiger partial charge < -0.3 is 4.90 Å². The van der Waals surface area contributed by atoms with E-state index in [0.717, 1.165) is 31.5 Å². The molecular formula is C16H23ClN2O. The summed E-state index contributed by atoms with van der Waals surface area (Å²) in [4.78, 5) is 19.0. The van der Waals surface area contributed by atoms with E-state index in [9.17, 15) is 4.79 Å². The summed E-state index contributed by atoms with van der Waals surface area (Å²) in [6, 6.07) is 3.94. The molecule has 4 heteroatoms. The van der Waals surface area contributed by atoms with Gasteiger partial charge in [-0.25, -0.2) is 4.98 Å². The molecule has 0 bridgehead atoms. The predicted molar refractivity (Wildman–Crippen MR) is 82.3 cm³/mol. The normalized spacial score (nSPS) is 19.4. The molecule has 0 aromatic carbocycles. The van der Waals surface area contributed by atoms with Crippen LogP contribution in [0, 0.1) is 0 Å². The van der Waals surface area contributed by atoms with E-state index >= 15 is 0 Å². The summed E-state index contributed by atoms with van der Waals surface area (Å²) in [5.74, 6) is 0.0872. The maximum atomic E-state index is 12.7. The Bertz CT molecular complexity index is 508. The van der Waals surface area contributed by atoms with Crippen molar-refractivity contribution in [2.45, 2.75) is 58.4 Å². The standard InChI is InChI=1S/C16H23ClN2O/c1-5-12-7-6-8-19(12)15(20)11-9-13(16(2,3)4)18-14(17)10-11/h9-10,12H,5-8H2,1-4H3. The Hall–Kier alpha value is -1.09. The molecule has 0 aliphatic carbocycles. The maximum Gasteiger partial charge on any atom is 0.254 e. The van der Waals surface area contributed by atoms with Crippen molar-refractivity contribution in [1.82, 2.24) is 9.88 Å². The van der Waals surface area contributed by atoms with Crippen LogP contribution in [0.4, 0.5) is 0 Å². The third kappa shape index (κ3) is 3.14. The van der Waals surface area contributed by atoms with Crippen LogP contribution in [0.1, 0.15) is 63.0 Å². The van der Waals surface area contributed by atoms with E-state index in [4.69, 9.17) is 11.6 Å². The molecule has 1 aromatic heterocycles. The lowest BCUT2D eigenvalue weighted by atomic mass is 9.90. The summed E-state index contributed by atoms with van der Waals surface area (Å²) in [5, 5.41) is 0.396. The SMILES string of the molecule is CCC1CCCN1C(=O)c1cc(Cl)nc(C(C)(C)C)c1. The van der Waals surface area contributed by atoms with Crippen LogP contribution in [0.5, 0.6) is 0 Å². The Morgan fingerprint density at radius 1 is 1.45 bits per heavy atom. The van der Waals surface area contributed by atoms with Gasteiger partial charge in [0.25, 0.3) is 5.91 Å². The van der Waals surface area contributed by atoms with E-state index in [0.29, 0.717) is 16.8 Å². The highest BCUT2D eigenvalue weighted by Gasteiger charge is 2.29. The molecule has 1 amide bonds. The average molecular weight is 295 g/mol. The number of hydrogen-bond donors (Lipinski definition) is 0. The summed E-state index contributed by atoms with van der Waals surface area (Å²) in [6.45, 7) is 9.21. The largest absolute Gasteiger partial charge is 0.336 e. The number of amides is 1. The fourth-order valence-electron chi connectivity index (χ4n) is 2.70. The number of carbonyl (C=O) groups excluding carboxylic acids is 1. The number of halogens is 1. The first kappa shape index (κ1) is 15.3. The lowest BCUT2D eigenvalue weighted by molar-refractivity contribution is 0.0733. The van der Waals surface area contributed by atoms with Crippen LogP contribution in [0.25, 0.3) is 0 Å². The zero-order valence-electron chi connectivity index (χ0n) is 12.7. The van der Waals surface area contributed by atoms with Crippen molar-refractivity contribution in [2.75, 3.05) is 6.54 Å². The molecule has 0 spiro atoms. The summed E-state index contributed by atoms with van der Waals surface area (Å²) < 4.78 is 0. The van der Waals surface area contributed by atoms with E-state index in [1.807, 2.05) is 11.0 Å². The van der Waals surface area contributed by atoms with E-state index in [-0.39, 0.29) is 11.3 Å². The molecule has 110 valence electrons. The minimum atomic E-state index is -0.116. The zero-order valence-corrected chi connectivity index (χ0v) is 13.5. The van der Waals surface area contributed by atoms with Gasteiger partial charge in [0.15, 0.2) is 0 Å². The van der Waals surface area contributed by atoms with Gasteiger partial charge in [-0.1, -0.05) is 39.3 Å². The smallest absolute Gasteiger partial charge is 0.254 e. The van der Waals surface area contributed by atoms with E-state index < -0.39 is 0 Å². The molecule has 0 radical (unpaired) electrons. The number of carbonyl (C=O) groups is 1. The molecule has 2 rings (SSSR count). The van der Waals surface area contributed by atoms with Gasteiger partial charge in [0, 0.05) is 29.3 Å². The van der Waals surface area contributed by atoms with Crippen LogP contribution < -0.4 is 0 Å². The highest BCUT2D eigenvalue weighted by atomic mass is 35.5. The second kappa shape index (κ2) is 5.72. The van der Waals surface area contributed by atoms with Crippen LogP contribution >= 0.6 is 11.6 Å². The van der Waals surface area contributed by atoms with E-state index in [2.05, 4.69) is 32.7 Å². The lowest BCUT2D eigenvalue weighted by Gasteiger charge is -2.25. The fourth-order valence-corrected chi connectivity index (χ4v) is 2.91. The van der Waals surface area contributed by atoms with Gasteiger partial charge in [-0.05, 0) is 31.4 Å². The van der Waals surface area contributed by atoms with Crippen molar-refractivity contribution in [3.8, 4) is 0 Å². The number of rotatable bonds is 2. The molecule has 1 fully saturated rings. The minimum absolute atomic E-state index is 0.0872. The first-order valence-corrected chi connectivity index (χ1v) is 7.69. The van der Waals surface area contributed by atoms with Gasteiger partial charge in [-0.3, -0.25) is 4.79 Å². The summed E-state index contributed by atoms with van der Waals surface area (Å²) in [6.07, 6.45) is 3.21. The third-order valence-corrected chi connectivity index (χ3v) is 4.11. The summed E-state index contributed by atoms with van der Waals surface area (Å²) in [5.41, 5.74) is 1.41. The van der Waals surface area contributed by atoms with Gasteiger partial charge in [-0.2, -0.15) is 0 Å². The Labute approximate surface area is 126 Å². The van der Waals surface area contributed by atoms with Gasteiger partial charge in [0.05, 0.1) is 0 Å². The van der Waals surface area contributed by atoms with Crippen LogP contribution in [0.2, 0.25) is 5.15 Å². The predicted octanol–water partition coefficient (Wildman–Crippen LogP) is 4.05. The molecule has 1 aromatic rings. The van der Waals surface area contributed by atoms with Gasteiger partial charge in [0.1, 0.15) is 5.15 Å². The average Bonchev–Trinajstić information content (AvgIpc) is 2.84. The molecule has 2 heterocycles. The van der Waals surface area contributed by atoms with E-state index in [1.165, 1.54) is 0 Å². The monoisotopic (exact) mass is 294 g/mol. The Morgan fingerprint density at radius 2 is 2.15 bits per heavy atom. The topological polar surface area (TPSA) is 33.2 Å². The Kier molecular flexibility index (Phi) is 4.38. The quantitative estimate of drug-likeness (QED) is 0.771. The molecule has 1 aliphatic rings. The highest BCUT2D eigenvalue weighted by molar-refractivity contribution is 6.29. The first-order chi connectivity index (χ1) is 9.32. The van der Waals surface area contributed by atoms with Gasteiger partial charge >= 0.3 is 0 Å². The minimum Gasteiger partial charge on any atom is -0.336 e. The van der Waals surface area contributed by atoms with Crippen LogP contribution in [0.3, 0.4) is 0 Å². The molecule has 0 N–H and O–H groups in total. The van der Waals surface area contributed by atoms with Crippen molar-refractivity contribution in [3.05, 3.63) is 28.5 Å². The number of aromatic nitrogens is 1. The molecule has 1 atom stereocenters. The first-order valence-electron chi connectivity index (χ1n) is 7.32. The zero-order chi connectivity index (χ0) is 14.9. The van der Waals surface area contributed by atoms with Crippen LogP contribution in [0.15, 0.2) is 12.1 Å². The van der Waals surface area contributed by atoms with Crippen molar-refractivity contribution < 1.29 is 4.79 Å². The molecule has 0 saturated carbocycles. The highest BCUT2D eigenvalue weighted by Crippen LogP contribution is 2.26. The van der Waals surface area contributed by atoms with Crippen molar-refractivity contribution in [3.63, 3.8) is 0 Å². The number of nitrogens with zero attached hydrogens (tertiary/aromatic N) is 2. The van der Waals surface area contributed by atoms with Crippen molar-refractivity contribution in [2.24, 2.45) is 0 Å². The molecule has 1 saturated heterocycles. The Balaban J connectivity index is 2.33. The molecular weight excluding hydrogens is 272 g/mol. The number of pyridine rings is 1. The van der Waals surface area contributed by atoms with Gasteiger partial charge in [0.2, 0.25) is 0 Å². The third-order valence-electron chi connectivity index (χ3n) is 3.92. The van der Waals surface area contributed by atoms with Gasteiger partial charge in [-0.15, -0.1) is 0 Å². The summed E-state index contributed by atoms with van der Waals surface area (Å²) >= 11 is 6.10. The molecule has 1 unspecified atom stereocenters. The van der Waals surface area contributed by atoms with E-state index in [1.54, 1.807) is 6.07 Å². The molecule has 20 heavy (non-hydrogen) atoms.